The smallest absolute Gasteiger partial charge is 0.408 e. The molecule has 2 aromatic heterocycles. The number of unbranched alkanes of at least 4 members (excludes halogenated alkanes) is 1. The monoisotopic (exact) mass is 577 g/mol. The molecule has 2 amide bonds. The van der Waals surface area contributed by atoms with Gasteiger partial charge in [0.1, 0.15) is 6.04 Å². The maximum Gasteiger partial charge on any atom is 0.408 e. The Labute approximate surface area is 233 Å². The SMILES string of the molecule is CC(C)(C)N(C(=O)O)[C@@H](CCCCNS(=O)(=O)c1ccccc1)C(=O)N(Cc1cccs1)Cc1cccs1. The van der Waals surface area contributed by atoms with E-state index in [0.717, 1.165) is 9.75 Å². The van der Waals surface area contributed by atoms with E-state index in [9.17, 15) is 23.1 Å². The minimum Gasteiger partial charge on any atom is -0.465 e. The Morgan fingerprint density at radius 1 is 0.921 bits per heavy atom. The molecule has 1 aromatic carbocycles. The molecule has 3 aromatic rings. The number of benzene rings is 1. The van der Waals surface area contributed by atoms with Crippen LogP contribution in [-0.2, 0) is 27.9 Å². The molecule has 0 unspecified atom stereocenters. The first-order valence-electron chi connectivity index (χ1n) is 12.4. The van der Waals surface area contributed by atoms with Gasteiger partial charge in [0.15, 0.2) is 0 Å². The summed E-state index contributed by atoms with van der Waals surface area (Å²) in [6.45, 7) is 6.29. The third-order valence-corrected chi connectivity index (χ3v) is 9.14. The summed E-state index contributed by atoms with van der Waals surface area (Å²) in [6.07, 6.45) is 0.0525. The molecule has 2 heterocycles. The number of nitrogens with zero attached hydrogens (tertiary/aromatic N) is 2. The van der Waals surface area contributed by atoms with Gasteiger partial charge in [0, 0.05) is 21.8 Å². The molecule has 0 saturated heterocycles. The predicted molar refractivity (Wildman–Crippen MR) is 152 cm³/mol. The van der Waals surface area contributed by atoms with Crippen LogP contribution < -0.4 is 4.72 Å². The van der Waals surface area contributed by atoms with Gasteiger partial charge in [0.05, 0.1) is 18.0 Å². The molecule has 3 rings (SSSR count). The first kappa shape index (κ1) is 29.8. The highest BCUT2D eigenvalue weighted by Gasteiger charge is 2.39. The predicted octanol–water partition coefficient (Wildman–Crippen LogP) is 5.63. The second kappa shape index (κ2) is 13.4. The number of amides is 2. The van der Waals surface area contributed by atoms with Crippen molar-refractivity contribution in [1.29, 1.82) is 0 Å². The van der Waals surface area contributed by atoms with Gasteiger partial charge in [-0.2, -0.15) is 0 Å². The number of rotatable bonds is 13. The average Bonchev–Trinajstić information content (AvgIpc) is 3.56. The fourth-order valence-corrected chi connectivity index (χ4v) is 6.74. The fraction of sp³-hybridized carbons (Fsp3) is 0.407. The Balaban J connectivity index is 1.75. The number of thiophene rings is 2. The van der Waals surface area contributed by atoms with Gasteiger partial charge in [0.25, 0.3) is 0 Å². The quantitative estimate of drug-likeness (QED) is 0.256. The van der Waals surface area contributed by atoms with Crippen LogP contribution in [0.25, 0.3) is 0 Å². The van der Waals surface area contributed by atoms with E-state index in [2.05, 4.69) is 4.72 Å². The van der Waals surface area contributed by atoms with Crippen molar-refractivity contribution in [3.05, 3.63) is 75.1 Å². The van der Waals surface area contributed by atoms with Gasteiger partial charge in [-0.1, -0.05) is 30.3 Å². The van der Waals surface area contributed by atoms with Crippen LogP contribution in [0.5, 0.6) is 0 Å². The van der Waals surface area contributed by atoms with E-state index < -0.39 is 27.7 Å². The van der Waals surface area contributed by atoms with Gasteiger partial charge in [-0.05, 0) is 75.1 Å². The van der Waals surface area contributed by atoms with Crippen molar-refractivity contribution in [3.8, 4) is 0 Å². The maximum absolute atomic E-state index is 14.0. The molecule has 0 saturated carbocycles. The fourth-order valence-electron chi connectivity index (χ4n) is 4.21. The maximum atomic E-state index is 14.0. The van der Waals surface area contributed by atoms with Crippen LogP contribution in [0.2, 0.25) is 0 Å². The summed E-state index contributed by atoms with van der Waals surface area (Å²) in [6, 6.07) is 15.0. The number of sulfonamides is 1. The lowest BCUT2D eigenvalue weighted by Gasteiger charge is -2.40. The summed E-state index contributed by atoms with van der Waals surface area (Å²) in [4.78, 5) is 31.6. The van der Waals surface area contributed by atoms with E-state index in [0.29, 0.717) is 25.9 Å². The van der Waals surface area contributed by atoms with Crippen LogP contribution in [0.15, 0.2) is 70.3 Å². The molecule has 0 fully saturated rings. The average molecular weight is 578 g/mol. The summed E-state index contributed by atoms with van der Waals surface area (Å²) < 4.78 is 27.6. The van der Waals surface area contributed by atoms with Crippen LogP contribution in [0, 0.1) is 0 Å². The number of carbonyl (C=O) groups is 2. The van der Waals surface area contributed by atoms with Gasteiger partial charge in [0.2, 0.25) is 15.9 Å². The third-order valence-electron chi connectivity index (χ3n) is 5.94. The van der Waals surface area contributed by atoms with Crippen LogP contribution in [-0.4, -0.2) is 53.5 Å². The van der Waals surface area contributed by atoms with E-state index in [1.807, 2.05) is 35.0 Å². The molecule has 11 heteroatoms. The zero-order chi connectivity index (χ0) is 27.8. The molecule has 1 atom stereocenters. The Morgan fingerprint density at radius 3 is 1.97 bits per heavy atom. The van der Waals surface area contributed by atoms with Gasteiger partial charge in [-0.3, -0.25) is 9.69 Å². The normalized spacial score (nSPS) is 12.7. The molecule has 0 spiro atoms. The molecule has 8 nitrogen and oxygen atoms in total. The van der Waals surface area contributed by atoms with Crippen LogP contribution in [0.1, 0.15) is 49.8 Å². The highest BCUT2D eigenvalue weighted by molar-refractivity contribution is 7.89. The van der Waals surface area contributed by atoms with Crippen LogP contribution in [0.4, 0.5) is 4.79 Å². The van der Waals surface area contributed by atoms with Gasteiger partial charge in [-0.15, -0.1) is 22.7 Å². The van der Waals surface area contributed by atoms with Crippen molar-refractivity contribution in [3.63, 3.8) is 0 Å². The number of hydrogen-bond acceptors (Lipinski definition) is 6. The first-order valence-corrected chi connectivity index (χ1v) is 15.6. The third kappa shape index (κ3) is 8.39. The van der Waals surface area contributed by atoms with Crippen molar-refractivity contribution in [2.75, 3.05) is 6.54 Å². The summed E-state index contributed by atoms with van der Waals surface area (Å²) >= 11 is 3.11. The molecule has 0 aliphatic carbocycles. The van der Waals surface area contributed by atoms with E-state index >= 15 is 0 Å². The number of carbonyl (C=O) groups excluding carboxylic acids is 1. The van der Waals surface area contributed by atoms with E-state index in [4.69, 9.17) is 0 Å². The number of carboxylic acid groups (broad SMARTS) is 1. The lowest BCUT2D eigenvalue weighted by Crippen LogP contribution is -2.57. The first-order chi connectivity index (χ1) is 18.0. The zero-order valence-electron chi connectivity index (χ0n) is 21.9. The van der Waals surface area contributed by atoms with Gasteiger partial charge < -0.3 is 10.0 Å². The van der Waals surface area contributed by atoms with E-state index in [-0.39, 0.29) is 23.8 Å². The van der Waals surface area contributed by atoms with Crippen LogP contribution in [0.3, 0.4) is 0 Å². The van der Waals surface area contributed by atoms with E-state index in [1.54, 1.807) is 66.5 Å². The topological polar surface area (TPSA) is 107 Å². The zero-order valence-corrected chi connectivity index (χ0v) is 24.3. The minimum absolute atomic E-state index is 0.189. The number of nitrogens with one attached hydrogen (secondary N) is 1. The number of hydrogen-bond donors (Lipinski definition) is 2. The Kier molecular flexibility index (Phi) is 10.5. The standard InChI is InChI=1S/C27H35N3O5S3/c1-27(2,3)30(26(32)33)24(15-7-8-16-28-38(34,35)23-13-5-4-6-14-23)25(31)29(19-21-11-9-17-36-21)20-22-12-10-18-37-22/h4-6,9-14,17-18,24,28H,7-8,15-16,19-20H2,1-3H3,(H,32,33)/t24-/m0/s1. The van der Waals surface area contributed by atoms with Gasteiger partial charge in [-0.25, -0.2) is 17.9 Å². The van der Waals surface area contributed by atoms with Crippen molar-refractivity contribution in [2.24, 2.45) is 0 Å². The summed E-state index contributed by atoms with van der Waals surface area (Å²) in [5.41, 5.74) is -0.807. The molecule has 0 bridgehead atoms. The summed E-state index contributed by atoms with van der Waals surface area (Å²) in [7, 11) is -3.63. The molecular formula is C27H35N3O5S3. The molecule has 0 aliphatic heterocycles. The molecular weight excluding hydrogens is 543 g/mol. The Hall–Kier alpha value is -2.73. The molecule has 0 aliphatic rings. The lowest BCUT2D eigenvalue weighted by molar-refractivity contribution is -0.139. The molecule has 2 N–H and O–H groups in total. The molecule has 206 valence electrons. The Morgan fingerprint density at radius 2 is 1.50 bits per heavy atom. The second-order valence-electron chi connectivity index (χ2n) is 9.90. The highest BCUT2D eigenvalue weighted by Crippen LogP contribution is 2.25. The molecule has 38 heavy (non-hydrogen) atoms. The second-order valence-corrected chi connectivity index (χ2v) is 13.7. The van der Waals surface area contributed by atoms with E-state index in [1.165, 1.54) is 17.0 Å². The largest absolute Gasteiger partial charge is 0.465 e. The molecule has 0 radical (unpaired) electrons. The van der Waals surface area contributed by atoms with Crippen molar-refractivity contribution < 1.29 is 23.1 Å². The van der Waals surface area contributed by atoms with Crippen molar-refractivity contribution >= 4 is 44.7 Å². The minimum atomic E-state index is -3.63. The van der Waals surface area contributed by atoms with Crippen LogP contribution >= 0.6 is 22.7 Å². The van der Waals surface area contributed by atoms with Crippen molar-refractivity contribution in [2.45, 2.75) is 69.6 Å². The van der Waals surface area contributed by atoms with Crippen molar-refractivity contribution in [1.82, 2.24) is 14.5 Å². The van der Waals surface area contributed by atoms with Gasteiger partial charge >= 0.3 is 6.09 Å². The lowest BCUT2D eigenvalue weighted by atomic mass is 9.98. The summed E-state index contributed by atoms with van der Waals surface area (Å²) in [5, 5.41) is 14.0. The summed E-state index contributed by atoms with van der Waals surface area (Å²) in [5.74, 6) is -0.256. The highest BCUT2D eigenvalue weighted by atomic mass is 32.2. The Bertz CT molecular complexity index is 1220.